The number of nitrogens with one attached hydrogen (secondary N) is 1. The molecule has 92 valence electrons. The summed E-state index contributed by atoms with van der Waals surface area (Å²) < 4.78 is 6.82. The second kappa shape index (κ2) is 4.30. The summed E-state index contributed by atoms with van der Waals surface area (Å²) in [6.07, 6.45) is 3.21. The van der Waals surface area contributed by atoms with Crippen molar-refractivity contribution in [3.8, 4) is 0 Å². The van der Waals surface area contributed by atoms with Gasteiger partial charge >= 0.3 is 0 Å². The lowest BCUT2D eigenvalue weighted by Gasteiger charge is -2.09. The first-order valence-corrected chi connectivity index (χ1v) is 5.76. The SMILES string of the molecule is Cc1nc2cnnn2c(NCc2ccco2)c1Cl. The van der Waals surface area contributed by atoms with E-state index in [-0.39, 0.29) is 0 Å². The van der Waals surface area contributed by atoms with Crippen molar-refractivity contribution >= 4 is 23.1 Å². The van der Waals surface area contributed by atoms with Crippen molar-refractivity contribution in [2.75, 3.05) is 5.32 Å². The molecule has 0 spiro atoms. The van der Waals surface area contributed by atoms with Gasteiger partial charge in [0.05, 0.1) is 24.7 Å². The molecule has 0 amide bonds. The molecule has 7 heteroatoms. The fourth-order valence-electron chi connectivity index (χ4n) is 1.69. The standard InChI is InChI=1S/C11H10ClN5O/c1-7-10(12)11(13-5-8-3-2-4-18-8)17-9(15-7)6-14-16-17/h2-4,6,13H,5H2,1H3. The number of nitrogens with zero attached hydrogens (tertiary/aromatic N) is 4. The third-order valence-corrected chi connectivity index (χ3v) is 3.01. The molecule has 0 aliphatic rings. The van der Waals surface area contributed by atoms with Gasteiger partial charge < -0.3 is 9.73 Å². The topological polar surface area (TPSA) is 68.2 Å². The Morgan fingerprint density at radius 3 is 3.17 bits per heavy atom. The minimum absolute atomic E-state index is 0.519. The molecule has 0 atom stereocenters. The summed E-state index contributed by atoms with van der Waals surface area (Å²) >= 11 is 6.23. The molecule has 18 heavy (non-hydrogen) atoms. The first kappa shape index (κ1) is 11.0. The van der Waals surface area contributed by atoms with Crippen LogP contribution >= 0.6 is 11.6 Å². The Labute approximate surface area is 108 Å². The van der Waals surface area contributed by atoms with Crippen LogP contribution in [0.25, 0.3) is 5.65 Å². The molecule has 3 aromatic heterocycles. The first-order chi connectivity index (χ1) is 8.75. The number of furan rings is 1. The second-order valence-electron chi connectivity index (χ2n) is 3.80. The van der Waals surface area contributed by atoms with E-state index in [1.54, 1.807) is 17.0 Å². The van der Waals surface area contributed by atoms with E-state index in [0.29, 0.717) is 23.0 Å². The number of halogens is 1. The van der Waals surface area contributed by atoms with E-state index >= 15 is 0 Å². The van der Waals surface area contributed by atoms with Gasteiger partial charge in [-0.15, -0.1) is 5.10 Å². The summed E-state index contributed by atoms with van der Waals surface area (Å²) in [4.78, 5) is 4.28. The van der Waals surface area contributed by atoms with E-state index in [1.807, 2.05) is 19.1 Å². The minimum Gasteiger partial charge on any atom is -0.467 e. The van der Waals surface area contributed by atoms with Gasteiger partial charge in [-0.05, 0) is 19.1 Å². The quantitative estimate of drug-likeness (QED) is 0.785. The molecule has 0 aliphatic heterocycles. The van der Waals surface area contributed by atoms with Crippen molar-refractivity contribution in [2.24, 2.45) is 0 Å². The van der Waals surface area contributed by atoms with Crippen molar-refractivity contribution in [3.63, 3.8) is 0 Å². The molecule has 0 radical (unpaired) electrons. The highest BCUT2D eigenvalue weighted by Gasteiger charge is 2.12. The highest BCUT2D eigenvalue weighted by molar-refractivity contribution is 6.33. The molecular weight excluding hydrogens is 254 g/mol. The van der Waals surface area contributed by atoms with Gasteiger partial charge in [-0.3, -0.25) is 0 Å². The van der Waals surface area contributed by atoms with Crippen LogP contribution in [0.3, 0.4) is 0 Å². The molecule has 0 aromatic carbocycles. The molecule has 1 N–H and O–H groups in total. The second-order valence-corrected chi connectivity index (χ2v) is 4.17. The Bertz CT molecular complexity index is 676. The van der Waals surface area contributed by atoms with Crippen molar-refractivity contribution in [2.45, 2.75) is 13.5 Å². The molecule has 0 aliphatic carbocycles. The highest BCUT2D eigenvalue weighted by atomic mass is 35.5. The highest BCUT2D eigenvalue weighted by Crippen LogP contribution is 2.25. The molecule has 6 nitrogen and oxygen atoms in total. The minimum atomic E-state index is 0.519. The zero-order valence-electron chi connectivity index (χ0n) is 9.59. The maximum atomic E-state index is 6.23. The first-order valence-electron chi connectivity index (χ1n) is 5.38. The van der Waals surface area contributed by atoms with Crippen LogP contribution in [0.4, 0.5) is 5.82 Å². The Kier molecular flexibility index (Phi) is 2.64. The summed E-state index contributed by atoms with van der Waals surface area (Å²) in [7, 11) is 0. The third-order valence-electron chi connectivity index (χ3n) is 2.56. The van der Waals surface area contributed by atoms with Crippen molar-refractivity contribution < 1.29 is 4.42 Å². The molecule has 3 rings (SSSR count). The van der Waals surface area contributed by atoms with Crippen LogP contribution in [-0.2, 0) is 6.54 Å². The fraction of sp³-hybridized carbons (Fsp3) is 0.182. The third kappa shape index (κ3) is 1.80. The molecule has 0 saturated heterocycles. The van der Waals surface area contributed by atoms with Gasteiger partial charge in [0.1, 0.15) is 10.8 Å². The number of anilines is 1. The van der Waals surface area contributed by atoms with Crippen LogP contribution in [0.2, 0.25) is 5.02 Å². The average Bonchev–Trinajstić information content (AvgIpc) is 3.00. The van der Waals surface area contributed by atoms with Gasteiger partial charge in [-0.1, -0.05) is 16.8 Å². The van der Waals surface area contributed by atoms with Gasteiger partial charge in [0.25, 0.3) is 0 Å². The Hall–Kier alpha value is -2.08. The lowest BCUT2D eigenvalue weighted by Crippen LogP contribution is -2.07. The van der Waals surface area contributed by atoms with Crippen LogP contribution in [0.1, 0.15) is 11.5 Å². The van der Waals surface area contributed by atoms with Crippen molar-refractivity contribution in [3.05, 3.63) is 41.1 Å². The summed E-state index contributed by atoms with van der Waals surface area (Å²) in [6, 6.07) is 3.72. The van der Waals surface area contributed by atoms with Gasteiger partial charge in [0.15, 0.2) is 11.5 Å². The molecular formula is C11H10ClN5O. The number of aromatic nitrogens is 4. The van der Waals surface area contributed by atoms with E-state index in [2.05, 4.69) is 20.6 Å². The Morgan fingerprint density at radius 1 is 1.50 bits per heavy atom. The van der Waals surface area contributed by atoms with Gasteiger partial charge in [-0.25, -0.2) is 4.98 Å². The van der Waals surface area contributed by atoms with E-state index < -0.39 is 0 Å². The normalized spacial score (nSPS) is 11.0. The summed E-state index contributed by atoms with van der Waals surface area (Å²) in [5.74, 6) is 1.47. The Balaban J connectivity index is 1.99. The van der Waals surface area contributed by atoms with Gasteiger partial charge in [-0.2, -0.15) is 4.52 Å². The molecule has 0 fully saturated rings. The van der Waals surface area contributed by atoms with Crippen LogP contribution in [0, 0.1) is 6.92 Å². The molecule has 0 bridgehead atoms. The van der Waals surface area contributed by atoms with Gasteiger partial charge in [0.2, 0.25) is 0 Å². The molecule has 0 saturated carbocycles. The number of aryl methyl sites for hydroxylation is 1. The maximum absolute atomic E-state index is 6.23. The van der Waals surface area contributed by atoms with E-state index in [9.17, 15) is 0 Å². The van der Waals surface area contributed by atoms with E-state index in [4.69, 9.17) is 16.0 Å². The molecule has 3 aromatic rings. The smallest absolute Gasteiger partial charge is 0.178 e. The van der Waals surface area contributed by atoms with E-state index in [1.165, 1.54) is 0 Å². The predicted molar refractivity (Wildman–Crippen MR) is 66.6 cm³/mol. The van der Waals surface area contributed by atoms with Crippen LogP contribution in [0.15, 0.2) is 29.0 Å². The molecule has 0 unspecified atom stereocenters. The summed E-state index contributed by atoms with van der Waals surface area (Å²) in [5, 5.41) is 11.5. The number of fused-ring (bicyclic) bond motifs is 1. The van der Waals surface area contributed by atoms with Crippen LogP contribution in [0.5, 0.6) is 0 Å². The Morgan fingerprint density at radius 2 is 2.39 bits per heavy atom. The van der Waals surface area contributed by atoms with Crippen LogP contribution in [-0.4, -0.2) is 19.8 Å². The van der Waals surface area contributed by atoms with Gasteiger partial charge in [0, 0.05) is 0 Å². The lowest BCUT2D eigenvalue weighted by molar-refractivity contribution is 0.517. The largest absolute Gasteiger partial charge is 0.467 e. The molecule has 3 heterocycles. The van der Waals surface area contributed by atoms with Crippen molar-refractivity contribution in [1.82, 2.24) is 19.8 Å². The predicted octanol–water partition coefficient (Wildman–Crippen LogP) is 2.29. The zero-order valence-corrected chi connectivity index (χ0v) is 10.3. The van der Waals surface area contributed by atoms with E-state index in [0.717, 1.165) is 11.5 Å². The van der Waals surface area contributed by atoms with Crippen molar-refractivity contribution in [1.29, 1.82) is 0 Å². The lowest BCUT2D eigenvalue weighted by atomic mass is 10.4. The monoisotopic (exact) mass is 263 g/mol. The fourth-order valence-corrected chi connectivity index (χ4v) is 1.88. The zero-order chi connectivity index (χ0) is 12.5. The summed E-state index contributed by atoms with van der Waals surface area (Å²) in [5.41, 5.74) is 1.38. The van der Waals surface area contributed by atoms with Crippen LogP contribution < -0.4 is 5.32 Å². The maximum Gasteiger partial charge on any atom is 0.178 e. The number of rotatable bonds is 3. The number of hydrogen-bond acceptors (Lipinski definition) is 5. The number of hydrogen-bond donors (Lipinski definition) is 1. The average molecular weight is 264 g/mol. The summed E-state index contributed by atoms with van der Waals surface area (Å²) in [6.45, 7) is 2.36.